The highest BCUT2D eigenvalue weighted by Crippen LogP contribution is 2.43. The Balaban J connectivity index is 0.00000176. The van der Waals surface area contributed by atoms with Crippen LogP contribution in [0, 0.1) is 0 Å². The molecule has 1 aliphatic heterocycles. The lowest BCUT2D eigenvalue weighted by Crippen LogP contribution is -2.40. The molecule has 32 heavy (non-hydrogen) atoms. The fourth-order valence-electron chi connectivity index (χ4n) is 3.46. The normalized spacial score (nSPS) is 17.5. The van der Waals surface area contributed by atoms with Crippen molar-refractivity contribution in [2.45, 2.75) is 45.1 Å². The van der Waals surface area contributed by atoms with Crippen LogP contribution in [0.15, 0.2) is 18.2 Å². The lowest BCUT2D eigenvalue weighted by molar-refractivity contribution is -0.138. The number of nitrogen functional groups attached to an aromatic ring is 2. The summed E-state index contributed by atoms with van der Waals surface area (Å²) in [5.74, 6) is -0.0789. The van der Waals surface area contributed by atoms with Gasteiger partial charge in [-0.3, -0.25) is 0 Å². The average Bonchev–Trinajstić information content (AvgIpc) is 2.70. The molecule has 1 atom stereocenters. The summed E-state index contributed by atoms with van der Waals surface area (Å²) >= 11 is 0. The lowest BCUT2D eigenvalue weighted by Gasteiger charge is -2.30. The number of anilines is 3. The number of aromatic nitrogens is 2. The van der Waals surface area contributed by atoms with Crippen molar-refractivity contribution in [3.05, 3.63) is 29.3 Å². The van der Waals surface area contributed by atoms with Crippen molar-refractivity contribution in [2.75, 3.05) is 36.9 Å². The number of nitrogens with one attached hydrogen (secondary N) is 1. The first-order chi connectivity index (χ1) is 14.9. The van der Waals surface area contributed by atoms with E-state index in [4.69, 9.17) is 11.5 Å². The zero-order valence-electron chi connectivity index (χ0n) is 17.9. The molecule has 1 aromatic carbocycles. The van der Waals surface area contributed by atoms with Crippen molar-refractivity contribution in [3.63, 3.8) is 0 Å². The molecule has 0 bridgehead atoms. The third kappa shape index (κ3) is 5.72. The molecular formula is C20H26F6N6. The number of likely N-dealkylation sites (N-methyl/N-ethyl adjacent to an activating group) is 1. The van der Waals surface area contributed by atoms with Gasteiger partial charge in [-0.05, 0) is 44.6 Å². The lowest BCUT2D eigenvalue weighted by atomic mass is 10.00. The van der Waals surface area contributed by atoms with Crippen LogP contribution in [0.5, 0.6) is 0 Å². The second kappa shape index (κ2) is 9.80. The van der Waals surface area contributed by atoms with Gasteiger partial charge in [0, 0.05) is 18.2 Å². The molecule has 1 saturated heterocycles. The summed E-state index contributed by atoms with van der Waals surface area (Å²) in [6.07, 6.45) is -7.99. The molecule has 0 amide bonds. The summed E-state index contributed by atoms with van der Waals surface area (Å²) in [7, 11) is 1.90. The Morgan fingerprint density at radius 1 is 0.969 bits per heavy atom. The van der Waals surface area contributed by atoms with Crippen LogP contribution >= 0.6 is 0 Å². The monoisotopic (exact) mass is 464 g/mol. The van der Waals surface area contributed by atoms with Crippen LogP contribution in [-0.2, 0) is 12.4 Å². The highest BCUT2D eigenvalue weighted by Gasteiger charge is 2.38. The highest BCUT2D eigenvalue weighted by atomic mass is 19.4. The largest absolute Gasteiger partial charge is 0.418 e. The summed E-state index contributed by atoms with van der Waals surface area (Å²) in [6, 6.07) is 2.07. The molecular weight excluding hydrogens is 438 g/mol. The van der Waals surface area contributed by atoms with E-state index in [-0.39, 0.29) is 17.4 Å². The molecule has 0 saturated carbocycles. The molecule has 3 rings (SSSR count). The SMILES string of the molecule is CC.CN1CCC[C@@H](Nc2cc(C(F)(F)F)c(-c3ccc(C(F)(F)F)c(N)c3N)nn2)C1. The molecule has 2 heterocycles. The fraction of sp³-hybridized carbons (Fsp3) is 0.500. The topological polar surface area (TPSA) is 93.1 Å². The molecule has 1 aliphatic rings. The Hall–Kier alpha value is -2.76. The maximum Gasteiger partial charge on any atom is 0.418 e. The zero-order chi connectivity index (χ0) is 24.3. The van der Waals surface area contributed by atoms with Gasteiger partial charge in [-0.1, -0.05) is 13.8 Å². The van der Waals surface area contributed by atoms with Gasteiger partial charge in [0.25, 0.3) is 0 Å². The predicted molar refractivity (Wildman–Crippen MR) is 112 cm³/mol. The summed E-state index contributed by atoms with van der Waals surface area (Å²) in [5, 5.41) is 10.4. The molecule has 2 aromatic rings. The van der Waals surface area contributed by atoms with E-state index in [1.165, 1.54) is 0 Å². The Kier molecular flexibility index (Phi) is 7.81. The maximum atomic E-state index is 13.7. The van der Waals surface area contributed by atoms with E-state index in [1.54, 1.807) is 0 Å². The highest BCUT2D eigenvalue weighted by molar-refractivity contribution is 5.86. The van der Waals surface area contributed by atoms with Gasteiger partial charge in [0.05, 0.1) is 22.5 Å². The van der Waals surface area contributed by atoms with E-state index in [0.29, 0.717) is 12.6 Å². The summed E-state index contributed by atoms with van der Waals surface area (Å²) in [5.41, 5.74) is 6.13. The minimum atomic E-state index is -4.84. The van der Waals surface area contributed by atoms with Crippen LogP contribution in [0.2, 0.25) is 0 Å². The summed E-state index contributed by atoms with van der Waals surface area (Å²) < 4.78 is 80.0. The van der Waals surface area contributed by atoms with Gasteiger partial charge in [0.2, 0.25) is 0 Å². The van der Waals surface area contributed by atoms with Crippen LogP contribution < -0.4 is 16.8 Å². The van der Waals surface area contributed by atoms with E-state index in [9.17, 15) is 26.3 Å². The van der Waals surface area contributed by atoms with E-state index < -0.39 is 40.5 Å². The number of hydrogen-bond donors (Lipinski definition) is 3. The Morgan fingerprint density at radius 3 is 2.16 bits per heavy atom. The molecule has 12 heteroatoms. The summed E-state index contributed by atoms with van der Waals surface area (Å²) in [4.78, 5) is 2.04. The number of likely N-dealkylation sites (tertiary alicyclic amines) is 1. The minimum Gasteiger partial charge on any atom is -0.397 e. The van der Waals surface area contributed by atoms with Crippen LogP contribution in [0.1, 0.15) is 37.8 Å². The van der Waals surface area contributed by atoms with E-state index >= 15 is 0 Å². The third-order valence-corrected chi connectivity index (χ3v) is 4.92. The molecule has 0 aliphatic carbocycles. The smallest absolute Gasteiger partial charge is 0.397 e. The third-order valence-electron chi connectivity index (χ3n) is 4.92. The second-order valence-corrected chi connectivity index (χ2v) is 7.22. The fourth-order valence-corrected chi connectivity index (χ4v) is 3.46. The maximum absolute atomic E-state index is 13.7. The first kappa shape index (κ1) is 25.5. The number of rotatable bonds is 3. The van der Waals surface area contributed by atoms with Gasteiger partial charge >= 0.3 is 12.4 Å². The van der Waals surface area contributed by atoms with E-state index in [0.717, 1.165) is 31.5 Å². The molecule has 0 spiro atoms. The van der Waals surface area contributed by atoms with Crippen LogP contribution in [0.25, 0.3) is 11.3 Å². The number of benzene rings is 1. The molecule has 1 fully saturated rings. The number of piperidine rings is 1. The van der Waals surface area contributed by atoms with Gasteiger partial charge in [0.1, 0.15) is 11.5 Å². The summed E-state index contributed by atoms with van der Waals surface area (Å²) in [6.45, 7) is 5.53. The first-order valence-corrected chi connectivity index (χ1v) is 10.0. The molecule has 6 nitrogen and oxygen atoms in total. The quantitative estimate of drug-likeness (QED) is 0.443. The van der Waals surface area contributed by atoms with Gasteiger partial charge < -0.3 is 21.7 Å². The second-order valence-electron chi connectivity index (χ2n) is 7.22. The van der Waals surface area contributed by atoms with Gasteiger partial charge in [0.15, 0.2) is 0 Å². The first-order valence-electron chi connectivity index (χ1n) is 10.0. The standard InChI is InChI=1S/C18H20F6N6.C2H6/c1-30-6-2-3-9(8-30)27-13-7-12(18(22,23)24)16(29-28-13)10-4-5-11(17(19,20)21)15(26)14(10)25;1-2/h4-5,7,9H,2-3,6,8,25-26H2,1H3,(H,27,28);1-2H3/t9-;/m1./s1. The molecule has 178 valence electrons. The van der Waals surface area contributed by atoms with Crippen molar-refractivity contribution in [1.29, 1.82) is 0 Å². The number of alkyl halides is 6. The van der Waals surface area contributed by atoms with Crippen molar-refractivity contribution in [3.8, 4) is 11.3 Å². The minimum absolute atomic E-state index is 0.0789. The zero-order valence-corrected chi connectivity index (χ0v) is 17.9. The van der Waals surface area contributed by atoms with Crippen LogP contribution in [0.4, 0.5) is 43.5 Å². The van der Waals surface area contributed by atoms with Crippen molar-refractivity contribution < 1.29 is 26.3 Å². The average molecular weight is 464 g/mol. The predicted octanol–water partition coefficient (Wildman–Crippen LogP) is 4.88. The van der Waals surface area contributed by atoms with Gasteiger partial charge in [-0.25, -0.2) is 0 Å². The molecule has 0 radical (unpaired) electrons. The van der Waals surface area contributed by atoms with Crippen LogP contribution in [0.3, 0.4) is 0 Å². The van der Waals surface area contributed by atoms with Gasteiger partial charge in [-0.2, -0.15) is 26.3 Å². The van der Waals surface area contributed by atoms with Gasteiger partial charge in [-0.15, -0.1) is 10.2 Å². The van der Waals surface area contributed by atoms with E-state index in [1.807, 2.05) is 25.8 Å². The Bertz CT molecular complexity index is 928. The molecule has 0 unspecified atom stereocenters. The number of nitrogens with zero attached hydrogens (tertiary/aromatic N) is 3. The van der Waals surface area contributed by atoms with E-state index in [2.05, 4.69) is 15.5 Å². The van der Waals surface area contributed by atoms with Crippen molar-refractivity contribution in [1.82, 2.24) is 15.1 Å². The number of hydrogen-bond acceptors (Lipinski definition) is 6. The molecule has 1 aromatic heterocycles. The van der Waals surface area contributed by atoms with Crippen LogP contribution in [-0.4, -0.2) is 41.3 Å². The number of nitrogens with two attached hydrogens (primary N) is 2. The molecule has 5 N–H and O–H groups in total. The Labute approximate surface area is 182 Å². The number of halogens is 6. The van der Waals surface area contributed by atoms with Crippen molar-refractivity contribution in [2.24, 2.45) is 0 Å². The Morgan fingerprint density at radius 2 is 1.59 bits per heavy atom. The van der Waals surface area contributed by atoms with Crippen molar-refractivity contribution >= 4 is 17.2 Å².